The summed E-state index contributed by atoms with van der Waals surface area (Å²) in [7, 11) is 0. The molecule has 3 aromatic rings. The number of nitrogens with zero attached hydrogens (tertiary/aromatic N) is 5. The van der Waals surface area contributed by atoms with Crippen molar-refractivity contribution in [2.75, 3.05) is 18.0 Å². The maximum atomic E-state index is 12.9. The summed E-state index contributed by atoms with van der Waals surface area (Å²) in [4.78, 5) is 40.3. The molecule has 1 aliphatic rings. The van der Waals surface area contributed by atoms with Gasteiger partial charge in [-0.2, -0.15) is 0 Å². The molecule has 0 saturated carbocycles. The highest BCUT2D eigenvalue weighted by molar-refractivity contribution is 5.75. The van der Waals surface area contributed by atoms with E-state index in [9.17, 15) is 9.59 Å². The van der Waals surface area contributed by atoms with Crippen molar-refractivity contribution in [1.29, 1.82) is 0 Å². The summed E-state index contributed by atoms with van der Waals surface area (Å²) in [6.07, 6.45) is 6.97. The molecule has 0 amide bonds. The zero-order chi connectivity index (χ0) is 20.4. The Balaban J connectivity index is 1.77. The molecule has 0 radical (unpaired) electrons. The van der Waals surface area contributed by atoms with Crippen LogP contribution in [0.2, 0.25) is 0 Å². The molecule has 1 saturated heterocycles. The molecular formula is C21H28N6O2. The van der Waals surface area contributed by atoms with Gasteiger partial charge in [-0.1, -0.05) is 13.8 Å². The summed E-state index contributed by atoms with van der Waals surface area (Å²) in [5, 5.41) is 0. The Labute approximate surface area is 169 Å². The van der Waals surface area contributed by atoms with E-state index < -0.39 is 0 Å². The molecule has 0 spiro atoms. The summed E-state index contributed by atoms with van der Waals surface area (Å²) in [5.41, 5.74) is 1.00. The normalized spacial score (nSPS) is 14.6. The number of aromatic amines is 1. The second-order valence-corrected chi connectivity index (χ2v) is 7.63. The Morgan fingerprint density at radius 1 is 1.00 bits per heavy atom. The molecule has 0 unspecified atom stereocenters. The molecule has 0 bridgehead atoms. The average molecular weight is 396 g/mol. The van der Waals surface area contributed by atoms with Gasteiger partial charge >= 0.3 is 5.69 Å². The van der Waals surface area contributed by atoms with Gasteiger partial charge in [0.1, 0.15) is 17.2 Å². The van der Waals surface area contributed by atoms with Gasteiger partial charge in [0.2, 0.25) is 0 Å². The van der Waals surface area contributed by atoms with E-state index in [1.807, 2.05) is 26.0 Å². The van der Waals surface area contributed by atoms with Crippen molar-refractivity contribution in [1.82, 2.24) is 24.1 Å². The van der Waals surface area contributed by atoms with Crippen molar-refractivity contribution in [3.05, 3.63) is 39.2 Å². The Hall–Kier alpha value is -2.90. The highest BCUT2D eigenvalue weighted by Crippen LogP contribution is 2.22. The fourth-order valence-corrected chi connectivity index (χ4v) is 3.99. The molecule has 3 aromatic heterocycles. The van der Waals surface area contributed by atoms with E-state index in [1.165, 1.54) is 23.8 Å². The molecule has 154 valence electrons. The van der Waals surface area contributed by atoms with Gasteiger partial charge < -0.3 is 9.88 Å². The van der Waals surface area contributed by atoms with Crippen LogP contribution >= 0.6 is 0 Å². The van der Waals surface area contributed by atoms with Crippen LogP contribution in [0.5, 0.6) is 0 Å². The lowest BCUT2D eigenvalue weighted by atomic mass is 10.1. The van der Waals surface area contributed by atoms with Crippen molar-refractivity contribution in [2.45, 2.75) is 59.0 Å². The van der Waals surface area contributed by atoms with Gasteiger partial charge in [0.05, 0.1) is 0 Å². The van der Waals surface area contributed by atoms with Crippen LogP contribution in [0.1, 0.15) is 46.0 Å². The van der Waals surface area contributed by atoms with Crippen molar-refractivity contribution in [3.63, 3.8) is 0 Å². The Morgan fingerprint density at radius 2 is 1.72 bits per heavy atom. The molecular weight excluding hydrogens is 368 g/mol. The van der Waals surface area contributed by atoms with Crippen LogP contribution in [0.3, 0.4) is 0 Å². The molecule has 1 fully saturated rings. The van der Waals surface area contributed by atoms with Crippen molar-refractivity contribution in [2.24, 2.45) is 0 Å². The van der Waals surface area contributed by atoms with Gasteiger partial charge in [-0.25, -0.2) is 14.8 Å². The third kappa shape index (κ3) is 3.59. The second-order valence-electron chi connectivity index (χ2n) is 7.63. The van der Waals surface area contributed by atoms with Crippen LogP contribution < -0.4 is 16.1 Å². The molecule has 4 heterocycles. The maximum absolute atomic E-state index is 12.9. The number of aryl methyl sites for hydroxylation is 1. The summed E-state index contributed by atoms with van der Waals surface area (Å²) in [6.45, 7) is 6.96. The number of H-pyrrole nitrogens is 1. The van der Waals surface area contributed by atoms with Gasteiger partial charge in [0.15, 0.2) is 5.65 Å². The molecule has 0 aliphatic carbocycles. The topological polar surface area (TPSA) is 88.8 Å². The molecule has 1 N–H and O–H groups in total. The highest BCUT2D eigenvalue weighted by atomic mass is 16.2. The van der Waals surface area contributed by atoms with Crippen LogP contribution in [0.4, 0.5) is 5.82 Å². The maximum Gasteiger partial charge on any atom is 0.332 e. The van der Waals surface area contributed by atoms with Gasteiger partial charge in [-0.05, 0) is 44.2 Å². The van der Waals surface area contributed by atoms with Crippen LogP contribution in [0.15, 0.2) is 27.9 Å². The minimum absolute atomic E-state index is 0.289. The third-order valence-corrected chi connectivity index (χ3v) is 5.46. The lowest BCUT2D eigenvalue weighted by molar-refractivity contribution is 0.555. The van der Waals surface area contributed by atoms with E-state index in [0.717, 1.165) is 37.3 Å². The number of anilines is 1. The van der Waals surface area contributed by atoms with Gasteiger partial charge in [-0.3, -0.25) is 13.9 Å². The number of imidazole rings is 1. The van der Waals surface area contributed by atoms with Crippen LogP contribution in [0, 0.1) is 0 Å². The number of piperidine rings is 1. The Kier molecular flexibility index (Phi) is 5.51. The molecule has 0 aromatic carbocycles. The summed E-state index contributed by atoms with van der Waals surface area (Å²) < 4.78 is 2.90. The molecule has 29 heavy (non-hydrogen) atoms. The van der Waals surface area contributed by atoms with E-state index in [-0.39, 0.29) is 11.2 Å². The van der Waals surface area contributed by atoms with E-state index in [4.69, 9.17) is 0 Å². The first-order chi connectivity index (χ1) is 14.1. The van der Waals surface area contributed by atoms with Crippen molar-refractivity contribution in [3.8, 4) is 11.4 Å². The summed E-state index contributed by atoms with van der Waals surface area (Å²) >= 11 is 0. The number of hydrogen-bond donors (Lipinski definition) is 1. The molecule has 8 heteroatoms. The summed E-state index contributed by atoms with van der Waals surface area (Å²) in [6, 6.07) is 3.98. The smallest absolute Gasteiger partial charge is 0.332 e. The number of fused-ring (bicyclic) bond motifs is 1. The van der Waals surface area contributed by atoms with E-state index >= 15 is 0 Å². The minimum Gasteiger partial charge on any atom is -0.357 e. The first-order valence-electron chi connectivity index (χ1n) is 10.6. The minimum atomic E-state index is -0.309. The first-order valence-corrected chi connectivity index (χ1v) is 10.6. The number of rotatable bonds is 6. The molecule has 0 atom stereocenters. The van der Waals surface area contributed by atoms with Gasteiger partial charge in [-0.15, -0.1) is 0 Å². The van der Waals surface area contributed by atoms with E-state index in [1.54, 1.807) is 10.8 Å². The van der Waals surface area contributed by atoms with E-state index in [0.29, 0.717) is 30.1 Å². The highest BCUT2D eigenvalue weighted by Gasteiger charge is 2.18. The lowest BCUT2D eigenvalue weighted by Gasteiger charge is -2.27. The van der Waals surface area contributed by atoms with E-state index in [2.05, 4.69) is 19.9 Å². The molecule has 4 rings (SSSR count). The quantitative estimate of drug-likeness (QED) is 0.692. The largest absolute Gasteiger partial charge is 0.357 e. The Morgan fingerprint density at radius 3 is 2.38 bits per heavy atom. The van der Waals surface area contributed by atoms with Crippen LogP contribution in [0.25, 0.3) is 22.6 Å². The zero-order valence-electron chi connectivity index (χ0n) is 17.1. The predicted molar refractivity (Wildman–Crippen MR) is 114 cm³/mol. The molecule has 1 aliphatic heterocycles. The number of pyridine rings is 1. The monoisotopic (exact) mass is 396 g/mol. The van der Waals surface area contributed by atoms with Crippen LogP contribution in [-0.2, 0) is 13.1 Å². The zero-order valence-corrected chi connectivity index (χ0v) is 17.1. The number of aromatic nitrogens is 5. The number of hydrogen-bond acceptors (Lipinski definition) is 5. The van der Waals surface area contributed by atoms with Gasteiger partial charge in [0.25, 0.3) is 5.56 Å². The van der Waals surface area contributed by atoms with Crippen LogP contribution in [-0.4, -0.2) is 37.2 Å². The Bertz CT molecular complexity index is 1100. The number of nitrogens with one attached hydrogen (secondary N) is 1. The second kappa shape index (κ2) is 8.23. The van der Waals surface area contributed by atoms with Gasteiger partial charge in [0, 0.05) is 37.9 Å². The summed E-state index contributed by atoms with van der Waals surface area (Å²) in [5.74, 6) is 1.53. The van der Waals surface area contributed by atoms with Crippen molar-refractivity contribution >= 4 is 17.0 Å². The average Bonchev–Trinajstić information content (AvgIpc) is 3.20. The molecule has 8 nitrogen and oxygen atoms in total. The van der Waals surface area contributed by atoms with Crippen molar-refractivity contribution < 1.29 is 0 Å². The standard InChI is InChI=1S/C21H28N6O2/c1-3-10-26-19-17(20(28)27(11-4-2)21(26)29)23-18(24-19)15-8-9-16(22-14-15)25-12-6-5-7-13-25/h8-9,14H,3-7,10-13H2,1-2H3,(H,23,24). The predicted octanol–water partition coefficient (Wildman–Crippen LogP) is 2.76. The third-order valence-electron chi connectivity index (χ3n) is 5.46. The lowest BCUT2D eigenvalue weighted by Crippen LogP contribution is -2.40. The fraction of sp³-hybridized carbons (Fsp3) is 0.524. The fourth-order valence-electron chi connectivity index (χ4n) is 3.99. The first kappa shape index (κ1) is 19.4. The SMILES string of the molecule is CCCn1c(=O)c2[nH]c(-c3ccc(N4CCCCC4)nc3)nc2n(CCC)c1=O.